The molecule has 1 heteroatoms. The van der Waals surface area contributed by atoms with Crippen molar-refractivity contribution < 1.29 is 4.79 Å². The van der Waals surface area contributed by atoms with E-state index in [-0.39, 0.29) is 0 Å². The molecule has 45 valence electrons. The minimum Gasteiger partial charge on any atom is -0.286 e. The van der Waals surface area contributed by atoms with E-state index >= 15 is 0 Å². The Balaban J connectivity index is 3.78. The molecule has 0 spiro atoms. The molecule has 0 aliphatic carbocycles. The molecule has 0 aliphatic heterocycles. The van der Waals surface area contributed by atoms with E-state index in [0.717, 1.165) is 5.57 Å². The number of carbonyl (C=O) groups excluding carboxylic acids is 1. The van der Waals surface area contributed by atoms with Gasteiger partial charge in [-0.3, -0.25) is 4.79 Å². The molecule has 0 heterocycles. The Hall–Kier alpha value is -0.590. The van der Waals surface area contributed by atoms with Crippen molar-refractivity contribution >= 4 is 6.29 Å². The van der Waals surface area contributed by atoms with E-state index in [4.69, 9.17) is 0 Å². The summed E-state index contributed by atoms with van der Waals surface area (Å²) in [6, 6.07) is 0. The molecule has 0 saturated heterocycles. The Morgan fingerprint density at radius 3 is 2.25 bits per heavy atom. The fourth-order valence-electron chi connectivity index (χ4n) is 0.260. The van der Waals surface area contributed by atoms with Gasteiger partial charge in [0.2, 0.25) is 6.29 Å². The van der Waals surface area contributed by atoms with E-state index in [9.17, 15) is 4.79 Å². The summed E-state index contributed by atoms with van der Waals surface area (Å²) in [6.07, 6.45) is 3.21. The molecule has 0 fully saturated rings. The summed E-state index contributed by atoms with van der Waals surface area (Å²) in [5.74, 6) is 0.469. The summed E-state index contributed by atoms with van der Waals surface area (Å²) in [5, 5.41) is 0. The van der Waals surface area contributed by atoms with Crippen molar-refractivity contribution in [2.75, 3.05) is 0 Å². The maximum atomic E-state index is 9.72. The Labute approximate surface area is 50.4 Å². The lowest BCUT2D eigenvalue weighted by atomic mass is 10.1. The Kier molecular flexibility index (Phi) is 3.16. The van der Waals surface area contributed by atoms with Gasteiger partial charge < -0.3 is 0 Å². The van der Waals surface area contributed by atoms with Crippen LogP contribution in [0.15, 0.2) is 11.6 Å². The van der Waals surface area contributed by atoms with Crippen LogP contribution in [0.2, 0.25) is 0 Å². The van der Waals surface area contributed by atoms with Gasteiger partial charge in [-0.15, -0.1) is 0 Å². The second-order valence-corrected chi connectivity index (χ2v) is 2.16. The molecule has 1 nitrogen and oxygen atoms in total. The SMILES string of the molecule is C/C(=C\[C]=O)C(C)C. The van der Waals surface area contributed by atoms with E-state index in [1.54, 1.807) is 6.29 Å². The first kappa shape index (κ1) is 7.41. The van der Waals surface area contributed by atoms with Gasteiger partial charge in [-0.1, -0.05) is 19.4 Å². The normalized spacial score (nSPS) is 12.2. The molecule has 0 saturated carbocycles. The van der Waals surface area contributed by atoms with Crippen molar-refractivity contribution in [3.8, 4) is 0 Å². The third-order valence-electron chi connectivity index (χ3n) is 1.20. The highest BCUT2D eigenvalue weighted by atomic mass is 16.1. The number of rotatable bonds is 2. The van der Waals surface area contributed by atoms with Gasteiger partial charge in [0.1, 0.15) is 0 Å². The molecular formula is C7H11O. The van der Waals surface area contributed by atoms with Gasteiger partial charge in [0.05, 0.1) is 0 Å². The van der Waals surface area contributed by atoms with E-state index in [0.29, 0.717) is 5.92 Å². The first-order valence-electron chi connectivity index (χ1n) is 2.72. The van der Waals surface area contributed by atoms with Gasteiger partial charge in [-0.25, -0.2) is 0 Å². The molecule has 8 heavy (non-hydrogen) atoms. The maximum absolute atomic E-state index is 9.72. The zero-order valence-electron chi connectivity index (χ0n) is 5.56. The highest BCUT2D eigenvalue weighted by Crippen LogP contribution is 2.05. The first-order chi connectivity index (χ1) is 3.68. The van der Waals surface area contributed by atoms with Crippen LogP contribution >= 0.6 is 0 Å². The van der Waals surface area contributed by atoms with Gasteiger partial charge in [0.15, 0.2) is 0 Å². The zero-order chi connectivity index (χ0) is 6.57. The van der Waals surface area contributed by atoms with Gasteiger partial charge in [0.25, 0.3) is 0 Å². The van der Waals surface area contributed by atoms with Crippen molar-refractivity contribution in [1.82, 2.24) is 0 Å². The lowest BCUT2D eigenvalue weighted by Gasteiger charge is -1.99. The maximum Gasteiger partial charge on any atom is 0.225 e. The van der Waals surface area contributed by atoms with Crippen molar-refractivity contribution in [3.05, 3.63) is 11.6 Å². The van der Waals surface area contributed by atoms with Crippen molar-refractivity contribution in [1.29, 1.82) is 0 Å². The molecule has 0 atom stereocenters. The average molecular weight is 111 g/mol. The van der Waals surface area contributed by atoms with Gasteiger partial charge >= 0.3 is 0 Å². The van der Waals surface area contributed by atoms with Crippen LogP contribution in [0.4, 0.5) is 0 Å². The third-order valence-corrected chi connectivity index (χ3v) is 1.20. The predicted octanol–water partition coefficient (Wildman–Crippen LogP) is 1.70. The fraction of sp³-hybridized carbons (Fsp3) is 0.571. The largest absolute Gasteiger partial charge is 0.286 e. The smallest absolute Gasteiger partial charge is 0.225 e. The predicted molar refractivity (Wildman–Crippen MR) is 34.3 cm³/mol. The quantitative estimate of drug-likeness (QED) is 0.496. The minimum atomic E-state index is 0.469. The average Bonchev–Trinajstić information content (AvgIpc) is 1.67. The number of allylic oxidation sites excluding steroid dienone is 2. The summed E-state index contributed by atoms with van der Waals surface area (Å²) >= 11 is 0. The van der Waals surface area contributed by atoms with E-state index in [1.165, 1.54) is 6.08 Å². The van der Waals surface area contributed by atoms with Crippen molar-refractivity contribution in [2.45, 2.75) is 20.8 Å². The van der Waals surface area contributed by atoms with Gasteiger partial charge in [0, 0.05) is 0 Å². The highest BCUT2D eigenvalue weighted by Gasteiger charge is 1.92. The molecule has 0 aromatic rings. The van der Waals surface area contributed by atoms with Crippen LogP contribution in [-0.4, -0.2) is 6.29 Å². The highest BCUT2D eigenvalue weighted by molar-refractivity contribution is 5.66. The molecule has 0 unspecified atom stereocenters. The summed E-state index contributed by atoms with van der Waals surface area (Å²) < 4.78 is 0. The van der Waals surface area contributed by atoms with Crippen LogP contribution in [-0.2, 0) is 4.79 Å². The minimum absolute atomic E-state index is 0.469. The Morgan fingerprint density at radius 1 is 1.62 bits per heavy atom. The number of hydrogen-bond donors (Lipinski definition) is 0. The van der Waals surface area contributed by atoms with Crippen LogP contribution in [0.3, 0.4) is 0 Å². The summed E-state index contributed by atoms with van der Waals surface area (Å²) in [4.78, 5) is 9.72. The van der Waals surface area contributed by atoms with E-state index in [1.807, 2.05) is 20.8 Å². The molecule has 0 aromatic heterocycles. The van der Waals surface area contributed by atoms with Crippen molar-refractivity contribution in [3.63, 3.8) is 0 Å². The molecule has 0 aromatic carbocycles. The van der Waals surface area contributed by atoms with Gasteiger partial charge in [-0.05, 0) is 18.9 Å². The molecule has 0 N–H and O–H groups in total. The van der Waals surface area contributed by atoms with Crippen LogP contribution in [0.1, 0.15) is 20.8 Å². The molecule has 0 amide bonds. The van der Waals surface area contributed by atoms with Crippen LogP contribution in [0, 0.1) is 5.92 Å². The van der Waals surface area contributed by atoms with E-state index < -0.39 is 0 Å². The second-order valence-electron chi connectivity index (χ2n) is 2.16. The second kappa shape index (κ2) is 3.42. The van der Waals surface area contributed by atoms with Crippen LogP contribution in [0.5, 0.6) is 0 Å². The third kappa shape index (κ3) is 2.56. The molecule has 0 aliphatic rings. The first-order valence-corrected chi connectivity index (χ1v) is 2.72. The molecule has 0 rings (SSSR count). The zero-order valence-corrected chi connectivity index (χ0v) is 5.56. The Bertz CT molecular complexity index is 101. The monoisotopic (exact) mass is 111 g/mol. The standard InChI is InChI=1S/C7H11O/c1-6(2)7(3)4-5-8/h4,6H,1-3H3/b7-4+. The summed E-state index contributed by atoms with van der Waals surface area (Å²) in [5.41, 5.74) is 1.08. The molecule has 1 radical (unpaired) electrons. The topological polar surface area (TPSA) is 17.1 Å². The van der Waals surface area contributed by atoms with Crippen LogP contribution < -0.4 is 0 Å². The van der Waals surface area contributed by atoms with Crippen LogP contribution in [0.25, 0.3) is 0 Å². The molecular weight excluding hydrogens is 100 g/mol. The summed E-state index contributed by atoms with van der Waals surface area (Å²) in [6.45, 7) is 6.02. The lowest BCUT2D eigenvalue weighted by molar-refractivity contribution is 0.563. The van der Waals surface area contributed by atoms with E-state index in [2.05, 4.69) is 0 Å². The summed E-state index contributed by atoms with van der Waals surface area (Å²) in [7, 11) is 0. The molecule has 0 bridgehead atoms. The lowest BCUT2D eigenvalue weighted by Crippen LogP contribution is -1.87. The van der Waals surface area contributed by atoms with Gasteiger partial charge in [-0.2, -0.15) is 0 Å². The Morgan fingerprint density at radius 2 is 2.12 bits per heavy atom. The van der Waals surface area contributed by atoms with Crippen molar-refractivity contribution in [2.24, 2.45) is 5.92 Å². The number of hydrogen-bond acceptors (Lipinski definition) is 1. The fourth-order valence-corrected chi connectivity index (χ4v) is 0.260.